The highest BCUT2D eigenvalue weighted by atomic mass is 35.5. The minimum absolute atomic E-state index is 0.123. The summed E-state index contributed by atoms with van der Waals surface area (Å²) >= 11 is 11.9. The summed E-state index contributed by atoms with van der Waals surface area (Å²) in [5.41, 5.74) is 2.11. The predicted octanol–water partition coefficient (Wildman–Crippen LogP) is 5.01. The van der Waals surface area contributed by atoms with Crippen LogP contribution in [0.5, 0.6) is 0 Å². The van der Waals surface area contributed by atoms with Gasteiger partial charge in [0.15, 0.2) is 5.78 Å². The maximum atomic E-state index is 11.8. The van der Waals surface area contributed by atoms with Gasteiger partial charge in [0.1, 0.15) is 5.78 Å². The molecule has 0 saturated carbocycles. The Bertz CT molecular complexity index is 480. The summed E-state index contributed by atoms with van der Waals surface area (Å²) in [4.78, 5) is 23.3. The second kappa shape index (κ2) is 9.15. The molecular formula is C16H22Cl2O2. The lowest BCUT2D eigenvalue weighted by molar-refractivity contribution is -0.118. The molecule has 2 nitrogen and oxygen atoms in total. The van der Waals surface area contributed by atoms with E-state index in [0.29, 0.717) is 23.4 Å². The van der Waals surface area contributed by atoms with Crippen molar-refractivity contribution in [2.75, 3.05) is 0 Å². The van der Waals surface area contributed by atoms with Crippen LogP contribution in [-0.2, 0) is 11.2 Å². The van der Waals surface area contributed by atoms with Crippen molar-refractivity contribution in [3.05, 3.63) is 33.8 Å². The van der Waals surface area contributed by atoms with E-state index in [4.69, 9.17) is 23.2 Å². The minimum Gasteiger partial charge on any atom is -0.299 e. The number of carbonyl (C=O) groups excluding carboxylic acids is 2. The lowest BCUT2D eigenvalue weighted by Crippen LogP contribution is -2.12. The first-order valence-electron chi connectivity index (χ1n) is 6.85. The molecule has 1 unspecified atom stereocenters. The molecule has 0 spiro atoms. The van der Waals surface area contributed by atoms with Crippen LogP contribution in [0.25, 0.3) is 0 Å². The number of ketones is 2. The molecule has 0 aliphatic rings. The van der Waals surface area contributed by atoms with Crippen LogP contribution in [0.3, 0.4) is 0 Å². The van der Waals surface area contributed by atoms with E-state index in [1.54, 1.807) is 19.1 Å². The zero-order valence-electron chi connectivity index (χ0n) is 12.7. The molecule has 0 saturated heterocycles. The molecule has 0 aromatic heterocycles. The third-order valence-corrected chi connectivity index (χ3v) is 3.47. The van der Waals surface area contributed by atoms with Crippen LogP contribution in [-0.4, -0.2) is 16.9 Å². The zero-order valence-corrected chi connectivity index (χ0v) is 14.2. The molecule has 0 aliphatic carbocycles. The number of hydrogen-bond acceptors (Lipinski definition) is 2. The van der Waals surface area contributed by atoms with Crippen molar-refractivity contribution in [2.24, 2.45) is 0 Å². The lowest BCUT2D eigenvalue weighted by atomic mass is 9.97. The van der Waals surface area contributed by atoms with Crippen molar-refractivity contribution >= 4 is 34.8 Å². The predicted molar refractivity (Wildman–Crippen MR) is 86.2 cm³/mol. The summed E-state index contributed by atoms with van der Waals surface area (Å²) in [6.45, 7) is 9.28. The molecule has 0 amide bonds. The molecule has 0 radical (unpaired) electrons. The summed E-state index contributed by atoms with van der Waals surface area (Å²) < 4.78 is 0. The SMILES string of the molecule is CC.CCC(=O)Cc1cc(C(=O)C(C)Cl)cc(Cl)c1C. The number of rotatable bonds is 5. The van der Waals surface area contributed by atoms with E-state index in [2.05, 4.69) is 0 Å². The van der Waals surface area contributed by atoms with Gasteiger partial charge in [-0.1, -0.05) is 32.4 Å². The molecule has 0 bridgehead atoms. The van der Waals surface area contributed by atoms with Gasteiger partial charge in [0.2, 0.25) is 0 Å². The number of Topliss-reactive ketones (excluding diaryl/α,β-unsaturated/α-hetero) is 2. The largest absolute Gasteiger partial charge is 0.299 e. The Kier molecular flexibility index (Phi) is 8.75. The van der Waals surface area contributed by atoms with Gasteiger partial charge < -0.3 is 0 Å². The summed E-state index contributed by atoms with van der Waals surface area (Å²) in [5.74, 6) is -0.0542. The normalized spacial score (nSPS) is 11.3. The molecule has 0 aliphatic heterocycles. The maximum absolute atomic E-state index is 11.8. The number of hydrogen-bond donors (Lipinski definition) is 0. The lowest BCUT2D eigenvalue weighted by Gasteiger charge is -2.10. The number of benzene rings is 1. The van der Waals surface area contributed by atoms with Gasteiger partial charge in [0, 0.05) is 23.4 Å². The Labute approximate surface area is 131 Å². The van der Waals surface area contributed by atoms with Crippen molar-refractivity contribution in [3.63, 3.8) is 0 Å². The van der Waals surface area contributed by atoms with Crippen molar-refractivity contribution in [1.29, 1.82) is 0 Å². The van der Waals surface area contributed by atoms with E-state index < -0.39 is 5.38 Å². The molecule has 4 heteroatoms. The smallest absolute Gasteiger partial charge is 0.180 e. The van der Waals surface area contributed by atoms with Gasteiger partial charge in [0.25, 0.3) is 0 Å². The average molecular weight is 317 g/mol. The third-order valence-electron chi connectivity index (χ3n) is 2.88. The summed E-state index contributed by atoms with van der Waals surface area (Å²) in [6, 6.07) is 3.33. The van der Waals surface area contributed by atoms with E-state index in [1.165, 1.54) is 0 Å². The Hall–Kier alpha value is -0.860. The second-order valence-electron chi connectivity index (χ2n) is 4.29. The number of alkyl halides is 1. The molecular weight excluding hydrogens is 295 g/mol. The fourth-order valence-corrected chi connectivity index (χ4v) is 1.99. The summed E-state index contributed by atoms with van der Waals surface area (Å²) in [5, 5.41) is -0.101. The Morgan fingerprint density at radius 3 is 2.25 bits per heavy atom. The van der Waals surface area contributed by atoms with Gasteiger partial charge in [-0.15, -0.1) is 11.6 Å². The van der Waals surface area contributed by atoms with Crippen LogP contribution < -0.4 is 0 Å². The van der Waals surface area contributed by atoms with Gasteiger partial charge in [-0.2, -0.15) is 0 Å². The topological polar surface area (TPSA) is 34.1 Å². The standard InChI is InChI=1S/C14H16Cl2O2.C2H6/c1-4-12(17)6-10-5-11(14(18)9(3)15)7-13(16)8(10)2;1-2/h5,7,9H,4,6H2,1-3H3;1-2H3. The fraction of sp³-hybridized carbons (Fsp3) is 0.500. The molecule has 1 aromatic rings. The highest BCUT2D eigenvalue weighted by Gasteiger charge is 2.16. The van der Waals surface area contributed by atoms with E-state index >= 15 is 0 Å². The Morgan fingerprint density at radius 1 is 1.25 bits per heavy atom. The van der Waals surface area contributed by atoms with Crippen molar-refractivity contribution in [2.45, 2.75) is 52.8 Å². The van der Waals surface area contributed by atoms with Crippen LogP contribution in [0.1, 0.15) is 55.6 Å². The van der Waals surface area contributed by atoms with Crippen LogP contribution in [0, 0.1) is 6.92 Å². The number of halogens is 2. The quantitative estimate of drug-likeness (QED) is 0.565. The maximum Gasteiger partial charge on any atom is 0.180 e. The van der Waals surface area contributed by atoms with Crippen molar-refractivity contribution in [3.8, 4) is 0 Å². The highest BCUT2D eigenvalue weighted by molar-refractivity contribution is 6.35. The van der Waals surface area contributed by atoms with E-state index in [9.17, 15) is 9.59 Å². The monoisotopic (exact) mass is 316 g/mol. The number of carbonyl (C=O) groups is 2. The molecule has 1 atom stereocenters. The van der Waals surface area contributed by atoms with Crippen molar-refractivity contribution in [1.82, 2.24) is 0 Å². The minimum atomic E-state index is -0.599. The van der Waals surface area contributed by atoms with Crippen LogP contribution in [0.2, 0.25) is 5.02 Å². The second-order valence-corrected chi connectivity index (χ2v) is 5.35. The highest BCUT2D eigenvalue weighted by Crippen LogP contribution is 2.24. The average Bonchev–Trinajstić information content (AvgIpc) is 2.44. The van der Waals surface area contributed by atoms with Crippen LogP contribution in [0.15, 0.2) is 12.1 Å². The molecule has 0 N–H and O–H groups in total. The van der Waals surface area contributed by atoms with E-state index in [-0.39, 0.29) is 11.6 Å². The molecule has 0 fully saturated rings. The Balaban J connectivity index is 0.00000172. The summed E-state index contributed by atoms with van der Waals surface area (Å²) in [6.07, 6.45) is 0.779. The van der Waals surface area contributed by atoms with E-state index in [1.807, 2.05) is 27.7 Å². The van der Waals surface area contributed by atoms with E-state index in [0.717, 1.165) is 11.1 Å². The fourth-order valence-electron chi connectivity index (χ4n) is 1.63. The first-order valence-corrected chi connectivity index (χ1v) is 7.67. The van der Waals surface area contributed by atoms with Gasteiger partial charge in [0.05, 0.1) is 5.38 Å². The first kappa shape index (κ1) is 19.1. The van der Waals surface area contributed by atoms with Gasteiger partial charge in [-0.05, 0) is 37.1 Å². The Morgan fingerprint density at radius 2 is 1.80 bits per heavy atom. The van der Waals surface area contributed by atoms with Crippen LogP contribution in [0.4, 0.5) is 0 Å². The first-order chi connectivity index (χ1) is 9.36. The molecule has 112 valence electrons. The molecule has 1 rings (SSSR count). The molecule has 1 aromatic carbocycles. The summed E-state index contributed by atoms with van der Waals surface area (Å²) in [7, 11) is 0. The zero-order chi connectivity index (χ0) is 15.9. The van der Waals surface area contributed by atoms with Crippen molar-refractivity contribution < 1.29 is 9.59 Å². The molecule has 0 heterocycles. The van der Waals surface area contributed by atoms with Gasteiger partial charge in [-0.3, -0.25) is 9.59 Å². The molecule has 20 heavy (non-hydrogen) atoms. The van der Waals surface area contributed by atoms with Gasteiger partial charge >= 0.3 is 0 Å². The van der Waals surface area contributed by atoms with Crippen LogP contribution >= 0.6 is 23.2 Å². The van der Waals surface area contributed by atoms with Gasteiger partial charge in [-0.25, -0.2) is 0 Å². The third kappa shape index (κ3) is 5.26.